The summed E-state index contributed by atoms with van der Waals surface area (Å²) in [7, 11) is -5.54. The Balaban J connectivity index is 3.78. The number of phosphoric ester groups is 1. The third kappa shape index (κ3) is 45.3. The number of aliphatic carboxylic acids is 1. The number of unbranched alkanes of at least 4 members (excludes halogenated alkanes) is 30. The van der Waals surface area contributed by atoms with Crippen molar-refractivity contribution in [2.45, 2.75) is 385 Å². The van der Waals surface area contributed by atoms with Gasteiger partial charge in [0.05, 0.1) is 32.5 Å². The second-order valence-corrected chi connectivity index (χ2v) is 26.5. The Labute approximate surface area is 547 Å². The van der Waals surface area contributed by atoms with Gasteiger partial charge in [-0.2, -0.15) is 0 Å². The summed E-state index contributed by atoms with van der Waals surface area (Å²) in [6.07, 6.45) is 24.1. The number of nitrogens with one attached hydrogen (secondary N) is 2. The van der Waals surface area contributed by atoms with E-state index < -0.39 is 131 Å². The first kappa shape index (κ1) is 85.3. The predicted molar refractivity (Wildman–Crippen MR) is 351 cm³/mol. The minimum Gasteiger partial charge on any atom is -0.480 e. The summed E-state index contributed by atoms with van der Waals surface area (Å²) in [6.45, 7) is 10.6. The molecule has 6 N–H and O–H groups in total. The van der Waals surface area contributed by atoms with Crippen molar-refractivity contribution in [3.05, 3.63) is 0 Å². The Morgan fingerprint density at radius 1 is 0.451 bits per heavy atom. The van der Waals surface area contributed by atoms with Gasteiger partial charge >= 0.3 is 37.7 Å². The van der Waals surface area contributed by atoms with Crippen LogP contribution in [0.5, 0.6) is 0 Å². The van der Waals surface area contributed by atoms with Crippen LogP contribution in [-0.4, -0.2) is 130 Å². The molecule has 1 heterocycles. The van der Waals surface area contributed by atoms with Gasteiger partial charge in [-0.1, -0.05) is 234 Å². The Hall–Kier alpha value is -3.72. The molecule has 1 aliphatic heterocycles. The van der Waals surface area contributed by atoms with Crippen molar-refractivity contribution in [2.24, 2.45) is 0 Å². The average molecular weight is 1320 g/mol. The van der Waals surface area contributed by atoms with Gasteiger partial charge in [-0.05, 0) is 57.8 Å². The molecule has 2 amide bonds. The van der Waals surface area contributed by atoms with Gasteiger partial charge in [0.25, 0.3) is 0 Å². The zero-order valence-corrected chi connectivity index (χ0v) is 58.2. The molecule has 0 saturated carbocycles. The summed E-state index contributed by atoms with van der Waals surface area (Å²) in [5, 5.41) is 26.5. The lowest BCUT2D eigenvalue weighted by Gasteiger charge is -2.45. The fraction of sp³-hybridized carbons (Fsp3) is 0.899. The van der Waals surface area contributed by atoms with Gasteiger partial charge in [0, 0.05) is 19.3 Å². The number of hydrogen-bond donors (Lipinski definition) is 6. The fourth-order valence-corrected chi connectivity index (χ4v) is 12.0. The number of phosphoric acid groups is 1. The highest BCUT2D eigenvalue weighted by Crippen LogP contribution is 2.42. The fourth-order valence-electron chi connectivity index (χ4n) is 11.4. The van der Waals surface area contributed by atoms with E-state index in [1.165, 1.54) is 44.9 Å². The van der Waals surface area contributed by atoms with Crippen molar-refractivity contribution in [1.82, 2.24) is 10.6 Å². The number of carboxylic acids is 1. The molecule has 0 aromatic rings. The lowest BCUT2D eigenvalue weighted by atomic mass is 9.95. The van der Waals surface area contributed by atoms with Crippen LogP contribution in [0.25, 0.3) is 0 Å². The van der Waals surface area contributed by atoms with Crippen LogP contribution in [0.15, 0.2) is 0 Å². The Morgan fingerprint density at radius 3 is 1.14 bits per heavy atom. The normalized spacial score (nSPS) is 18.0. The van der Waals surface area contributed by atoms with E-state index in [1.54, 1.807) is 0 Å². The molecule has 1 aliphatic rings. The summed E-state index contributed by atoms with van der Waals surface area (Å²) < 4.78 is 54.0. The summed E-state index contributed by atoms with van der Waals surface area (Å²) in [4.78, 5) is 116. The Bertz CT molecular complexity index is 1960. The van der Waals surface area contributed by atoms with Crippen molar-refractivity contribution in [3.63, 3.8) is 0 Å². The van der Waals surface area contributed by atoms with E-state index in [-0.39, 0.29) is 32.1 Å². The lowest BCUT2D eigenvalue weighted by molar-refractivity contribution is -0.272. The first-order valence-corrected chi connectivity index (χ1v) is 37.6. The number of esters is 4. The number of carbonyl (C=O) groups is 7. The van der Waals surface area contributed by atoms with Crippen LogP contribution < -0.4 is 10.6 Å². The summed E-state index contributed by atoms with van der Waals surface area (Å²) in [5.74, 6) is -5.65. The van der Waals surface area contributed by atoms with Gasteiger partial charge in [0.15, 0.2) is 18.4 Å². The number of aliphatic hydroxyl groups is 1. The van der Waals surface area contributed by atoms with E-state index >= 15 is 0 Å². The number of amides is 2. The Morgan fingerprint density at radius 2 is 0.791 bits per heavy atom. The quantitative estimate of drug-likeness (QED) is 0.0143. The van der Waals surface area contributed by atoms with E-state index in [0.29, 0.717) is 51.4 Å². The summed E-state index contributed by atoms with van der Waals surface area (Å²) >= 11 is 0. The number of hydrogen-bond acceptors (Lipinski definition) is 16. The molecule has 532 valence electrons. The SMILES string of the molecule is CCCCCCCCCCC[C@H](CC(=O)N[C@@H](COC1O[C@H](CO)[C@@H](OP(=O)(O)O)[C@H](OC(=O)C[C@@H](CCCCCCCCCCC)OC(=O)CCCCC)[C@H]1NC(=O)C[C@@H](CCCCCCCCCCC)OC(=O)CCCCC)C(=O)O)OC(=O)CCCCC. The van der Waals surface area contributed by atoms with Crippen LogP contribution in [0.2, 0.25) is 0 Å². The molecule has 22 heteroatoms. The van der Waals surface area contributed by atoms with Crippen LogP contribution in [0.1, 0.15) is 330 Å². The molecule has 91 heavy (non-hydrogen) atoms. The maximum atomic E-state index is 14.6. The molecule has 0 radical (unpaired) electrons. The van der Waals surface area contributed by atoms with Crippen LogP contribution in [-0.2, 0) is 71.1 Å². The van der Waals surface area contributed by atoms with Gasteiger partial charge in [-0.3, -0.25) is 33.3 Å². The molecule has 0 bridgehead atoms. The topological polar surface area (TPSA) is 306 Å². The van der Waals surface area contributed by atoms with Crippen molar-refractivity contribution in [1.29, 1.82) is 0 Å². The zero-order valence-electron chi connectivity index (χ0n) is 57.3. The first-order chi connectivity index (χ1) is 43.8. The third-order valence-corrected chi connectivity index (χ3v) is 17.2. The van der Waals surface area contributed by atoms with Crippen LogP contribution in [0.4, 0.5) is 0 Å². The highest BCUT2D eigenvalue weighted by molar-refractivity contribution is 7.46. The van der Waals surface area contributed by atoms with Crippen molar-refractivity contribution in [3.8, 4) is 0 Å². The largest absolute Gasteiger partial charge is 0.480 e. The predicted octanol–water partition coefficient (Wildman–Crippen LogP) is 14.6. The van der Waals surface area contributed by atoms with Crippen molar-refractivity contribution >= 4 is 49.5 Å². The third-order valence-electron chi connectivity index (χ3n) is 16.7. The minimum atomic E-state index is -5.54. The number of aliphatic hydroxyl groups excluding tert-OH is 1. The number of carboxylic acid groups (broad SMARTS) is 1. The Kier molecular flexibility index (Phi) is 52.1. The molecular formula is C69H127N2O19P. The molecule has 0 aromatic heterocycles. The molecule has 21 nitrogen and oxygen atoms in total. The number of carbonyl (C=O) groups excluding carboxylic acids is 6. The molecule has 1 rings (SSSR count). The first-order valence-electron chi connectivity index (χ1n) is 36.1. The molecule has 0 spiro atoms. The minimum absolute atomic E-state index is 0.110. The summed E-state index contributed by atoms with van der Waals surface area (Å²) in [5.41, 5.74) is 0. The highest BCUT2D eigenvalue weighted by atomic mass is 31.2. The maximum Gasteiger partial charge on any atom is 0.470 e. The van der Waals surface area contributed by atoms with Crippen LogP contribution in [0.3, 0.4) is 0 Å². The zero-order chi connectivity index (χ0) is 67.3. The lowest BCUT2D eigenvalue weighted by Crippen LogP contribution is -2.66. The maximum absolute atomic E-state index is 14.6. The van der Waals surface area contributed by atoms with Gasteiger partial charge in [-0.15, -0.1) is 0 Å². The van der Waals surface area contributed by atoms with E-state index in [0.717, 1.165) is 148 Å². The number of ether oxygens (including phenoxy) is 6. The van der Waals surface area contributed by atoms with Gasteiger partial charge < -0.3 is 59.1 Å². The van der Waals surface area contributed by atoms with Crippen molar-refractivity contribution < 1.29 is 91.1 Å². The monoisotopic (exact) mass is 1320 g/mol. The summed E-state index contributed by atoms with van der Waals surface area (Å²) in [6, 6.07) is -3.59. The van der Waals surface area contributed by atoms with Crippen LogP contribution in [0, 0.1) is 0 Å². The molecule has 1 unspecified atom stereocenters. The van der Waals surface area contributed by atoms with Crippen LogP contribution >= 0.6 is 7.82 Å². The smallest absolute Gasteiger partial charge is 0.470 e. The second kappa shape index (κ2) is 55.6. The average Bonchev–Trinajstić information content (AvgIpc) is 2.19. The molecule has 1 saturated heterocycles. The van der Waals surface area contributed by atoms with E-state index in [2.05, 4.69) is 31.4 Å². The van der Waals surface area contributed by atoms with E-state index in [9.17, 15) is 58.1 Å². The van der Waals surface area contributed by atoms with E-state index in [4.69, 9.17) is 32.9 Å². The standard InChI is InChI=1S/C69H127N2O19P/c1-7-13-19-22-25-28-31-34-40-43-54(85-61(75)46-37-16-10-4)49-59(73)70-57(68(79)80)53-84-69-65(71-60(74)50-55(86-62(76)47-38-17-11-5)44-41-35-32-29-26-23-20-14-8-2)67(66(58(52-72)88-69)90-91(81,82)83)89-64(78)51-56(87-63(77)48-39-18-12-6)45-42-36-33-30-27-24-21-15-9-3/h54-58,65-67,69,72H,7-53H2,1-6H3,(H,70,73)(H,71,74)(H,79,80)(H2,81,82,83)/t54-,55-,56-,57+,58-,65-,66-,67-,69?/m1/s1. The van der Waals surface area contributed by atoms with Gasteiger partial charge in [0.1, 0.15) is 36.6 Å². The second-order valence-electron chi connectivity index (χ2n) is 25.3. The van der Waals surface area contributed by atoms with E-state index in [1.807, 2.05) is 20.8 Å². The van der Waals surface area contributed by atoms with Gasteiger partial charge in [-0.25, -0.2) is 9.36 Å². The molecule has 1 fully saturated rings. The molecule has 0 aromatic carbocycles. The molecule has 0 aliphatic carbocycles. The number of rotatable bonds is 61. The van der Waals surface area contributed by atoms with Gasteiger partial charge in [0.2, 0.25) is 11.8 Å². The highest BCUT2D eigenvalue weighted by Gasteiger charge is 2.52. The van der Waals surface area contributed by atoms with Crippen molar-refractivity contribution in [2.75, 3.05) is 13.2 Å². The molecule has 9 atom stereocenters. The molecular weight excluding hydrogens is 1190 g/mol.